The van der Waals surface area contributed by atoms with Crippen molar-refractivity contribution < 1.29 is 13.9 Å². The Hall–Kier alpha value is -2.67. The van der Waals surface area contributed by atoms with Gasteiger partial charge in [0.15, 0.2) is 5.76 Å². The zero-order valence-electron chi connectivity index (χ0n) is 14.3. The lowest BCUT2D eigenvalue weighted by Crippen LogP contribution is -2.16. The average molecular weight is 340 g/mol. The molecule has 0 bridgehead atoms. The molecule has 0 aromatic carbocycles. The molecule has 1 aliphatic heterocycles. The van der Waals surface area contributed by atoms with Gasteiger partial charge in [0.25, 0.3) is 5.91 Å². The van der Waals surface area contributed by atoms with Crippen LogP contribution in [-0.4, -0.2) is 33.2 Å². The molecule has 7 heteroatoms. The van der Waals surface area contributed by atoms with Crippen LogP contribution in [0.4, 0.5) is 5.82 Å². The summed E-state index contributed by atoms with van der Waals surface area (Å²) in [6, 6.07) is 3.30. The van der Waals surface area contributed by atoms with Gasteiger partial charge in [-0.15, -0.1) is 0 Å². The number of amides is 1. The molecule has 1 N–H and O–H groups in total. The van der Waals surface area contributed by atoms with E-state index >= 15 is 0 Å². The Morgan fingerprint density at radius 1 is 1.40 bits per heavy atom. The smallest absolute Gasteiger partial charge is 0.292 e. The molecular formula is C18H20N4O3. The van der Waals surface area contributed by atoms with E-state index in [0.717, 1.165) is 48.3 Å². The number of furan rings is 1. The topological polar surface area (TPSA) is 82.2 Å². The van der Waals surface area contributed by atoms with Crippen molar-refractivity contribution in [1.82, 2.24) is 14.5 Å². The lowest BCUT2D eigenvalue weighted by atomic mass is 10.2. The van der Waals surface area contributed by atoms with E-state index in [9.17, 15) is 4.79 Å². The second-order valence-electron chi connectivity index (χ2n) is 6.31. The van der Waals surface area contributed by atoms with Gasteiger partial charge < -0.3 is 19.0 Å². The molecule has 4 heterocycles. The van der Waals surface area contributed by atoms with E-state index < -0.39 is 0 Å². The molecule has 1 fully saturated rings. The van der Waals surface area contributed by atoms with Crippen LogP contribution in [-0.2, 0) is 11.3 Å². The van der Waals surface area contributed by atoms with Gasteiger partial charge in [-0.2, -0.15) is 0 Å². The molecule has 7 nitrogen and oxygen atoms in total. The minimum absolute atomic E-state index is 0.213. The highest BCUT2D eigenvalue weighted by molar-refractivity contribution is 6.06. The van der Waals surface area contributed by atoms with E-state index in [1.165, 1.54) is 12.6 Å². The third-order valence-corrected chi connectivity index (χ3v) is 4.79. The Morgan fingerprint density at radius 3 is 3.00 bits per heavy atom. The van der Waals surface area contributed by atoms with E-state index in [-0.39, 0.29) is 17.8 Å². The molecule has 1 saturated heterocycles. The number of nitrogens with one attached hydrogen (secondary N) is 1. The fourth-order valence-corrected chi connectivity index (χ4v) is 3.36. The Labute approximate surface area is 145 Å². The zero-order chi connectivity index (χ0) is 17.4. The van der Waals surface area contributed by atoms with Crippen LogP contribution in [0.15, 0.2) is 29.1 Å². The first kappa shape index (κ1) is 15.8. The fourth-order valence-electron chi connectivity index (χ4n) is 3.36. The monoisotopic (exact) mass is 340 g/mol. The third-order valence-electron chi connectivity index (χ3n) is 4.79. The highest BCUT2D eigenvalue weighted by Gasteiger charge is 2.22. The summed E-state index contributed by atoms with van der Waals surface area (Å²) >= 11 is 0. The van der Waals surface area contributed by atoms with Gasteiger partial charge in [-0.25, -0.2) is 9.97 Å². The van der Waals surface area contributed by atoms with Crippen LogP contribution < -0.4 is 5.32 Å². The number of carbonyl (C=O) groups excluding carboxylic acids is 1. The van der Waals surface area contributed by atoms with E-state index in [4.69, 9.17) is 9.15 Å². The van der Waals surface area contributed by atoms with Gasteiger partial charge in [0.2, 0.25) is 0 Å². The van der Waals surface area contributed by atoms with Gasteiger partial charge in [-0.05, 0) is 44.4 Å². The standard InChI is InChI=1S/C18H20N4O3/c1-11-12(2)22(9-13-5-3-7-24-13)17-15(11)16(19-10-20-17)21-18(23)14-6-4-8-25-14/h4,6,8,10,13H,3,5,7,9H2,1-2H3,(H,19,20,21,23)/t13-/m1/s1. The van der Waals surface area contributed by atoms with Crippen molar-refractivity contribution in [2.75, 3.05) is 11.9 Å². The molecule has 0 unspecified atom stereocenters. The van der Waals surface area contributed by atoms with Gasteiger partial charge in [-0.1, -0.05) is 0 Å². The van der Waals surface area contributed by atoms with Crippen LogP contribution in [0.25, 0.3) is 11.0 Å². The molecule has 130 valence electrons. The number of fused-ring (bicyclic) bond motifs is 1. The van der Waals surface area contributed by atoms with Gasteiger partial charge >= 0.3 is 0 Å². The number of hydrogen-bond acceptors (Lipinski definition) is 5. The van der Waals surface area contributed by atoms with E-state index in [1.54, 1.807) is 12.1 Å². The highest BCUT2D eigenvalue weighted by atomic mass is 16.5. The second-order valence-corrected chi connectivity index (χ2v) is 6.31. The first-order valence-corrected chi connectivity index (χ1v) is 8.42. The Bertz CT molecular complexity index is 908. The number of nitrogens with zero attached hydrogens (tertiary/aromatic N) is 3. The van der Waals surface area contributed by atoms with Gasteiger partial charge in [0.05, 0.1) is 24.3 Å². The minimum Gasteiger partial charge on any atom is -0.459 e. The molecule has 4 rings (SSSR count). The minimum atomic E-state index is -0.325. The van der Waals surface area contributed by atoms with Crippen LogP contribution in [0, 0.1) is 13.8 Å². The van der Waals surface area contributed by atoms with Crippen LogP contribution in [0.5, 0.6) is 0 Å². The lowest BCUT2D eigenvalue weighted by Gasteiger charge is -2.13. The van der Waals surface area contributed by atoms with Crippen molar-refractivity contribution >= 4 is 22.8 Å². The number of anilines is 1. The number of aromatic nitrogens is 3. The quantitative estimate of drug-likeness (QED) is 0.789. The number of rotatable bonds is 4. The van der Waals surface area contributed by atoms with Crippen LogP contribution in [0.2, 0.25) is 0 Å². The molecule has 0 aliphatic carbocycles. The molecule has 0 saturated carbocycles. The molecule has 1 amide bonds. The molecule has 3 aromatic rings. The number of carbonyl (C=O) groups is 1. The molecular weight excluding hydrogens is 320 g/mol. The number of ether oxygens (including phenoxy) is 1. The van der Waals surface area contributed by atoms with Crippen molar-refractivity contribution in [3.8, 4) is 0 Å². The first-order chi connectivity index (χ1) is 12.1. The second kappa shape index (κ2) is 6.33. The van der Waals surface area contributed by atoms with Crippen LogP contribution in [0.3, 0.4) is 0 Å². The van der Waals surface area contributed by atoms with Crippen molar-refractivity contribution in [1.29, 1.82) is 0 Å². The summed E-state index contributed by atoms with van der Waals surface area (Å²) in [7, 11) is 0. The molecule has 0 spiro atoms. The summed E-state index contributed by atoms with van der Waals surface area (Å²) in [6.07, 6.45) is 5.32. The van der Waals surface area contributed by atoms with Crippen molar-refractivity contribution in [3.05, 3.63) is 41.7 Å². The zero-order valence-corrected chi connectivity index (χ0v) is 14.3. The lowest BCUT2D eigenvalue weighted by molar-refractivity contribution is 0.0974. The molecule has 25 heavy (non-hydrogen) atoms. The Morgan fingerprint density at radius 2 is 2.28 bits per heavy atom. The molecule has 1 atom stereocenters. The highest BCUT2D eigenvalue weighted by Crippen LogP contribution is 2.30. The van der Waals surface area contributed by atoms with Gasteiger partial charge in [-0.3, -0.25) is 4.79 Å². The summed E-state index contributed by atoms with van der Waals surface area (Å²) in [4.78, 5) is 21.0. The predicted molar refractivity (Wildman–Crippen MR) is 92.6 cm³/mol. The van der Waals surface area contributed by atoms with Crippen LogP contribution >= 0.6 is 0 Å². The van der Waals surface area contributed by atoms with Gasteiger partial charge in [0, 0.05) is 12.3 Å². The fraction of sp³-hybridized carbons (Fsp3) is 0.389. The number of hydrogen-bond donors (Lipinski definition) is 1. The van der Waals surface area contributed by atoms with Crippen molar-refractivity contribution in [3.63, 3.8) is 0 Å². The van der Waals surface area contributed by atoms with Crippen molar-refractivity contribution in [2.24, 2.45) is 0 Å². The molecule has 3 aromatic heterocycles. The summed E-state index contributed by atoms with van der Waals surface area (Å²) < 4.78 is 13.1. The Balaban J connectivity index is 1.72. The summed E-state index contributed by atoms with van der Waals surface area (Å²) in [6.45, 7) is 5.67. The summed E-state index contributed by atoms with van der Waals surface area (Å²) in [5.41, 5.74) is 2.98. The predicted octanol–water partition coefficient (Wildman–Crippen LogP) is 3.07. The van der Waals surface area contributed by atoms with E-state index in [1.807, 2.05) is 6.92 Å². The maximum absolute atomic E-state index is 12.3. The number of aryl methyl sites for hydroxylation is 1. The summed E-state index contributed by atoms with van der Waals surface area (Å²) in [5.74, 6) is 0.423. The first-order valence-electron chi connectivity index (χ1n) is 8.42. The van der Waals surface area contributed by atoms with Crippen molar-refractivity contribution in [2.45, 2.75) is 39.3 Å². The average Bonchev–Trinajstić information content (AvgIpc) is 3.34. The molecule has 0 radical (unpaired) electrons. The third kappa shape index (κ3) is 2.80. The Kier molecular flexibility index (Phi) is 4.01. The largest absolute Gasteiger partial charge is 0.459 e. The van der Waals surface area contributed by atoms with E-state index in [0.29, 0.717) is 5.82 Å². The normalized spacial score (nSPS) is 17.3. The van der Waals surface area contributed by atoms with Gasteiger partial charge in [0.1, 0.15) is 17.8 Å². The summed E-state index contributed by atoms with van der Waals surface area (Å²) in [5, 5.41) is 3.69. The maximum atomic E-state index is 12.3. The molecule has 1 aliphatic rings. The maximum Gasteiger partial charge on any atom is 0.292 e. The van der Waals surface area contributed by atoms with E-state index in [2.05, 4.69) is 26.8 Å². The SMILES string of the molecule is Cc1c(C)n(C[C@H]2CCCO2)c2ncnc(NC(=O)c3ccco3)c12. The van der Waals surface area contributed by atoms with Crippen LogP contribution in [0.1, 0.15) is 34.7 Å².